The summed E-state index contributed by atoms with van der Waals surface area (Å²) in [6.45, 7) is 3.82. The molecule has 1 rings (SSSR count). The summed E-state index contributed by atoms with van der Waals surface area (Å²) in [4.78, 5) is 22.9. The van der Waals surface area contributed by atoms with E-state index in [1.165, 1.54) is 0 Å². The molecule has 7 heteroatoms. The lowest BCUT2D eigenvalue weighted by atomic mass is 10.3. The maximum absolute atomic E-state index is 11.4. The Morgan fingerprint density at radius 1 is 1.25 bits per heavy atom. The first-order valence-corrected chi connectivity index (χ1v) is 5.48. The molecule has 2 N–H and O–H groups in total. The Labute approximate surface area is 96.5 Å². The topological polar surface area (TPSA) is 91.5 Å². The number of nitrogen functional groups attached to an aromatic ring is 1. The Morgan fingerprint density at radius 3 is 2.38 bits per heavy atom. The molecule has 0 radical (unpaired) electrons. The Bertz CT molecular complexity index is 367. The lowest BCUT2D eigenvalue weighted by Gasteiger charge is -2.00. The highest BCUT2D eigenvalue weighted by atomic mass is 32.1. The second-order valence-corrected chi connectivity index (χ2v) is 3.49. The van der Waals surface area contributed by atoms with Gasteiger partial charge in [-0.1, -0.05) is 0 Å². The van der Waals surface area contributed by atoms with Gasteiger partial charge >= 0.3 is 11.9 Å². The van der Waals surface area contributed by atoms with Crippen molar-refractivity contribution in [1.82, 2.24) is 4.37 Å². The number of anilines is 1. The van der Waals surface area contributed by atoms with Crippen LogP contribution in [-0.2, 0) is 9.47 Å². The summed E-state index contributed by atoms with van der Waals surface area (Å²) in [5, 5.41) is 0. The Hall–Kier alpha value is -1.63. The van der Waals surface area contributed by atoms with Gasteiger partial charge in [0.05, 0.1) is 18.9 Å². The highest BCUT2D eigenvalue weighted by Crippen LogP contribution is 2.23. The summed E-state index contributed by atoms with van der Waals surface area (Å²) in [5.74, 6) is -1.21. The summed E-state index contributed by atoms with van der Waals surface area (Å²) in [6.07, 6.45) is 0. The minimum Gasteiger partial charge on any atom is -0.462 e. The predicted molar refractivity (Wildman–Crippen MR) is 58.4 cm³/mol. The van der Waals surface area contributed by atoms with Crippen LogP contribution in [0.25, 0.3) is 0 Å². The lowest BCUT2D eigenvalue weighted by Crippen LogP contribution is -2.10. The molecule has 0 fully saturated rings. The molecule has 1 aromatic heterocycles. The molecule has 0 aromatic carbocycles. The smallest absolute Gasteiger partial charge is 0.360 e. The molecular weight excluding hydrogens is 232 g/mol. The number of hydrogen-bond acceptors (Lipinski definition) is 7. The summed E-state index contributed by atoms with van der Waals surface area (Å²) < 4.78 is 13.3. The van der Waals surface area contributed by atoms with Gasteiger partial charge in [0.15, 0.2) is 10.6 Å². The Balaban J connectivity index is 2.92. The van der Waals surface area contributed by atoms with Crippen molar-refractivity contribution in [3.63, 3.8) is 0 Å². The van der Waals surface area contributed by atoms with E-state index in [0.717, 1.165) is 11.5 Å². The monoisotopic (exact) mass is 244 g/mol. The second kappa shape index (κ2) is 5.45. The zero-order valence-corrected chi connectivity index (χ0v) is 9.80. The van der Waals surface area contributed by atoms with Crippen LogP contribution in [0.15, 0.2) is 0 Å². The van der Waals surface area contributed by atoms with Crippen molar-refractivity contribution >= 4 is 29.2 Å². The number of carbonyl (C=O) groups excluding carboxylic acids is 2. The van der Waals surface area contributed by atoms with Crippen molar-refractivity contribution in [3.8, 4) is 0 Å². The highest BCUT2D eigenvalue weighted by Gasteiger charge is 2.23. The largest absolute Gasteiger partial charge is 0.462 e. The summed E-state index contributed by atoms with van der Waals surface area (Å²) >= 11 is 0.828. The third-order valence-corrected chi connectivity index (χ3v) is 2.50. The van der Waals surface area contributed by atoms with Crippen molar-refractivity contribution in [1.29, 1.82) is 0 Å². The zero-order chi connectivity index (χ0) is 12.1. The quantitative estimate of drug-likeness (QED) is 0.797. The van der Waals surface area contributed by atoms with Gasteiger partial charge in [0.25, 0.3) is 0 Å². The molecule has 0 aliphatic rings. The first-order valence-electron chi connectivity index (χ1n) is 4.71. The fourth-order valence-corrected chi connectivity index (χ4v) is 1.67. The van der Waals surface area contributed by atoms with E-state index in [-0.39, 0.29) is 29.5 Å². The molecule has 6 nitrogen and oxygen atoms in total. The number of carbonyl (C=O) groups is 2. The van der Waals surface area contributed by atoms with E-state index in [1.807, 2.05) is 0 Å². The van der Waals surface area contributed by atoms with E-state index in [1.54, 1.807) is 13.8 Å². The Kier molecular flexibility index (Phi) is 4.24. The molecular formula is C9H12N2O4S. The van der Waals surface area contributed by atoms with E-state index >= 15 is 0 Å². The van der Waals surface area contributed by atoms with Crippen molar-refractivity contribution in [2.24, 2.45) is 0 Å². The van der Waals surface area contributed by atoms with Crippen molar-refractivity contribution in [3.05, 3.63) is 10.6 Å². The van der Waals surface area contributed by atoms with Crippen molar-refractivity contribution < 1.29 is 19.1 Å². The summed E-state index contributed by atoms with van der Waals surface area (Å²) in [7, 11) is 0. The molecule has 0 saturated carbocycles. The summed E-state index contributed by atoms with van der Waals surface area (Å²) in [6, 6.07) is 0. The molecule has 16 heavy (non-hydrogen) atoms. The minimum atomic E-state index is -0.633. The van der Waals surface area contributed by atoms with Crippen LogP contribution in [0.4, 0.5) is 5.69 Å². The molecule has 1 heterocycles. The first kappa shape index (κ1) is 12.4. The minimum absolute atomic E-state index is 0.0156. The fourth-order valence-electron chi connectivity index (χ4n) is 0.988. The molecule has 0 aliphatic carbocycles. The van der Waals surface area contributed by atoms with Crippen LogP contribution in [0.5, 0.6) is 0 Å². The van der Waals surface area contributed by atoms with Crippen molar-refractivity contribution in [2.75, 3.05) is 18.9 Å². The van der Waals surface area contributed by atoms with Crippen LogP contribution in [-0.4, -0.2) is 29.5 Å². The third kappa shape index (κ3) is 2.48. The highest BCUT2D eigenvalue weighted by molar-refractivity contribution is 7.08. The number of esters is 2. The van der Waals surface area contributed by atoms with Gasteiger partial charge in [0.1, 0.15) is 0 Å². The van der Waals surface area contributed by atoms with E-state index in [2.05, 4.69) is 4.37 Å². The van der Waals surface area contributed by atoms with Crippen LogP contribution >= 0.6 is 11.5 Å². The van der Waals surface area contributed by atoms with E-state index in [4.69, 9.17) is 15.2 Å². The molecule has 0 spiro atoms. The first-order chi connectivity index (χ1) is 7.61. The molecule has 0 saturated heterocycles. The molecule has 0 amide bonds. The number of aromatic nitrogens is 1. The zero-order valence-electron chi connectivity index (χ0n) is 8.98. The summed E-state index contributed by atoms with van der Waals surface area (Å²) in [5.41, 5.74) is 5.60. The molecule has 1 aromatic rings. The van der Waals surface area contributed by atoms with Crippen molar-refractivity contribution in [2.45, 2.75) is 13.8 Å². The molecule has 0 unspecified atom stereocenters. The third-order valence-electron chi connectivity index (χ3n) is 1.66. The molecule has 88 valence electrons. The number of nitrogens with zero attached hydrogens (tertiary/aromatic N) is 1. The molecule has 0 atom stereocenters. The van der Waals surface area contributed by atoms with Crippen LogP contribution < -0.4 is 5.73 Å². The predicted octanol–water partition coefficient (Wildman–Crippen LogP) is 1.08. The van der Waals surface area contributed by atoms with Gasteiger partial charge in [0, 0.05) is 0 Å². The van der Waals surface area contributed by atoms with Gasteiger partial charge in [-0.3, -0.25) is 0 Å². The van der Waals surface area contributed by atoms with E-state index in [0.29, 0.717) is 0 Å². The maximum Gasteiger partial charge on any atom is 0.360 e. The number of hydrogen-bond donors (Lipinski definition) is 1. The normalized spacial score (nSPS) is 9.88. The number of rotatable bonds is 4. The van der Waals surface area contributed by atoms with Crippen LogP contribution in [0.1, 0.15) is 34.0 Å². The van der Waals surface area contributed by atoms with Gasteiger partial charge in [-0.05, 0) is 25.4 Å². The van der Waals surface area contributed by atoms with Gasteiger partial charge in [-0.2, -0.15) is 4.37 Å². The van der Waals surface area contributed by atoms with Gasteiger partial charge in [-0.15, -0.1) is 0 Å². The Morgan fingerprint density at radius 2 is 1.81 bits per heavy atom. The maximum atomic E-state index is 11.4. The lowest BCUT2D eigenvalue weighted by molar-refractivity contribution is 0.0521. The average molecular weight is 244 g/mol. The van der Waals surface area contributed by atoms with Gasteiger partial charge < -0.3 is 15.2 Å². The SMILES string of the molecule is CCOC(=O)c1nsc(C(=O)OCC)c1N. The molecule has 0 aliphatic heterocycles. The van der Waals surface area contributed by atoms with E-state index < -0.39 is 11.9 Å². The number of nitrogens with two attached hydrogens (primary N) is 1. The second-order valence-electron chi connectivity index (χ2n) is 2.71. The fraction of sp³-hybridized carbons (Fsp3) is 0.444. The van der Waals surface area contributed by atoms with Crippen LogP contribution in [0.2, 0.25) is 0 Å². The van der Waals surface area contributed by atoms with E-state index in [9.17, 15) is 9.59 Å². The number of ether oxygens (including phenoxy) is 2. The van der Waals surface area contributed by atoms with Crippen LogP contribution in [0, 0.1) is 0 Å². The molecule has 0 bridgehead atoms. The van der Waals surface area contributed by atoms with Gasteiger partial charge in [0.2, 0.25) is 0 Å². The van der Waals surface area contributed by atoms with Gasteiger partial charge in [-0.25, -0.2) is 9.59 Å². The standard InChI is InChI=1S/C9H12N2O4S/c1-3-14-8(12)6-5(10)7(16-11-6)9(13)15-4-2/h3-4,10H2,1-2H3. The average Bonchev–Trinajstić information content (AvgIpc) is 2.61. The van der Waals surface area contributed by atoms with Crippen LogP contribution in [0.3, 0.4) is 0 Å².